The number of amides is 1. The smallest absolute Gasteiger partial charge is 0.221 e. The Labute approximate surface area is 180 Å². The standard InChI is InChI=1S/C20H33N5O.HI/c1-15(2)23-19(26)9-10-22-20(21-5)25-13-11-24(12-14-25)18-8-6-7-16(3)17(18)4;/h6-8,15H,9-14H2,1-5H3,(H,21,22)(H,23,26);1H. The summed E-state index contributed by atoms with van der Waals surface area (Å²) in [6, 6.07) is 6.68. The van der Waals surface area contributed by atoms with Crippen LogP contribution < -0.4 is 15.5 Å². The van der Waals surface area contributed by atoms with E-state index in [4.69, 9.17) is 0 Å². The molecule has 7 heteroatoms. The van der Waals surface area contributed by atoms with E-state index in [2.05, 4.69) is 57.5 Å². The molecule has 0 saturated carbocycles. The molecule has 152 valence electrons. The number of halogens is 1. The van der Waals surface area contributed by atoms with Crippen LogP contribution in [0.4, 0.5) is 5.69 Å². The number of carbonyl (C=O) groups excluding carboxylic acids is 1. The van der Waals surface area contributed by atoms with Gasteiger partial charge in [0.1, 0.15) is 0 Å². The van der Waals surface area contributed by atoms with Crippen LogP contribution in [0, 0.1) is 13.8 Å². The number of aryl methyl sites for hydroxylation is 1. The van der Waals surface area contributed by atoms with Gasteiger partial charge in [-0.3, -0.25) is 9.79 Å². The van der Waals surface area contributed by atoms with Crippen molar-refractivity contribution >= 4 is 41.5 Å². The van der Waals surface area contributed by atoms with Crippen LogP contribution in [-0.2, 0) is 4.79 Å². The van der Waals surface area contributed by atoms with E-state index >= 15 is 0 Å². The summed E-state index contributed by atoms with van der Waals surface area (Å²) in [5, 5.41) is 6.22. The van der Waals surface area contributed by atoms with Crippen LogP contribution in [0.25, 0.3) is 0 Å². The third kappa shape index (κ3) is 6.86. The zero-order chi connectivity index (χ0) is 19.1. The normalized spacial score (nSPS) is 14.8. The average molecular weight is 487 g/mol. The van der Waals surface area contributed by atoms with E-state index in [0.29, 0.717) is 13.0 Å². The summed E-state index contributed by atoms with van der Waals surface area (Å²) in [7, 11) is 1.80. The molecule has 27 heavy (non-hydrogen) atoms. The van der Waals surface area contributed by atoms with E-state index in [-0.39, 0.29) is 35.9 Å². The Morgan fingerprint density at radius 2 is 1.85 bits per heavy atom. The lowest BCUT2D eigenvalue weighted by atomic mass is 10.1. The number of anilines is 1. The Morgan fingerprint density at radius 3 is 2.44 bits per heavy atom. The van der Waals surface area contributed by atoms with E-state index in [1.54, 1.807) is 7.05 Å². The van der Waals surface area contributed by atoms with Crippen LogP contribution in [0.5, 0.6) is 0 Å². The molecule has 0 aromatic heterocycles. The van der Waals surface area contributed by atoms with E-state index in [1.165, 1.54) is 16.8 Å². The lowest BCUT2D eigenvalue weighted by Gasteiger charge is -2.38. The SMILES string of the molecule is CN=C(NCCC(=O)NC(C)C)N1CCN(c2cccc(C)c2C)CC1.I. The van der Waals surface area contributed by atoms with Crippen molar-refractivity contribution in [3.8, 4) is 0 Å². The Balaban J connectivity index is 0.00000364. The number of hydrogen-bond donors (Lipinski definition) is 2. The summed E-state index contributed by atoms with van der Waals surface area (Å²) in [5.41, 5.74) is 4.03. The van der Waals surface area contributed by atoms with Gasteiger partial charge in [-0.2, -0.15) is 0 Å². The van der Waals surface area contributed by atoms with Gasteiger partial charge in [0.25, 0.3) is 0 Å². The number of nitrogens with one attached hydrogen (secondary N) is 2. The third-order valence-corrected chi connectivity index (χ3v) is 4.79. The lowest BCUT2D eigenvalue weighted by molar-refractivity contribution is -0.121. The van der Waals surface area contributed by atoms with Gasteiger partial charge in [0, 0.05) is 57.9 Å². The van der Waals surface area contributed by atoms with Crippen molar-refractivity contribution in [1.82, 2.24) is 15.5 Å². The molecular formula is C20H34IN5O. The predicted molar refractivity (Wildman–Crippen MR) is 124 cm³/mol. The maximum Gasteiger partial charge on any atom is 0.221 e. The largest absolute Gasteiger partial charge is 0.368 e. The zero-order valence-electron chi connectivity index (χ0n) is 17.2. The van der Waals surface area contributed by atoms with Gasteiger partial charge in [-0.1, -0.05) is 12.1 Å². The molecule has 1 fully saturated rings. The van der Waals surface area contributed by atoms with Crippen molar-refractivity contribution in [3.63, 3.8) is 0 Å². The molecule has 1 aliphatic rings. The fourth-order valence-corrected chi connectivity index (χ4v) is 3.25. The first-order valence-electron chi connectivity index (χ1n) is 9.48. The van der Waals surface area contributed by atoms with Gasteiger partial charge >= 0.3 is 0 Å². The van der Waals surface area contributed by atoms with Crippen LogP contribution in [0.2, 0.25) is 0 Å². The van der Waals surface area contributed by atoms with E-state index < -0.39 is 0 Å². The minimum Gasteiger partial charge on any atom is -0.368 e. The molecule has 1 aromatic carbocycles. The topological polar surface area (TPSA) is 60.0 Å². The lowest BCUT2D eigenvalue weighted by Crippen LogP contribution is -2.53. The second kappa shape index (κ2) is 11.4. The van der Waals surface area contributed by atoms with Crippen molar-refractivity contribution in [2.24, 2.45) is 4.99 Å². The number of rotatable bonds is 5. The van der Waals surface area contributed by atoms with Crippen LogP contribution in [0.15, 0.2) is 23.2 Å². The number of benzene rings is 1. The van der Waals surface area contributed by atoms with Gasteiger partial charge in [0.2, 0.25) is 5.91 Å². The molecule has 0 radical (unpaired) electrons. The van der Waals surface area contributed by atoms with Crippen molar-refractivity contribution in [2.45, 2.75) is 40.2 Å². The first-order chi connectivity index (χ1) is 12.4. The van der Waals surface area contributed by atoms with Gasteiger partial charge in [-0.25, -0.2) is 0 Å². The minimum atomic E-state index is 0. The van der Waals surface area contributed by atoms with Crippen LogP contribution in [0.1, 0.15) is 31.4 Å². The number of aliphatic imine (C=N–C) groups is 1. The highest BCUT2D eigenvalue weighted by Crippen LogP contribution is 2.23. The fourth-order valence-electron chi connectivity index (χ4n) is 3.25. The van der Waals surface area contributed by atoms with Gasteiger partial charge < -0.3 is 20.4 Å². The highest BCUT2D eigenvalue weighted by molar-refractivity contribution is 14.0. The minimum absolute atomic E-state index is 0. The molecule has 0 bridgehead atoms. The Kier molecular flexibility index (Phi) is 9.90. The highest BCUT2D eigenvalue weighted by atomic mass is 127. The monoisotopic (exact) mass is 487 g/mol. The third-order valence-electron chi connectivity index (χ3n) is 4.79. The zero-order valence-corrected chi connectivity index (χ0v) is 19.5. The average Bonchev–Trinajstić information content (AvgIpc) is 2.61. The Hall–Kier alpha value is -1.51. The molecule has 2 N–H and O–H groups in total. The molecule has 1 amide bonds. The number of piperazine rings is 1. The summed E-state index contributed by atoms with van der Waals surface area (Å²) >= 11 is 0. The second-order valence-corrected chi connectivity index (χ2v) is 7.14. The van der Waals surface area contributed by atoms with Crippen molar-refractivity contribution in [1.29, 1.82) is 0 Å². The van der Waals surface area contributed by atoms with Crippen molar-refractivity contribution in [3.05, 3.63) is 29.3 Å². The van der Waals surface area contributed by atoms with Crippen molar-refractivity contribution in [2.75, 3.05) is 44.7 Å². The number of nitrogens with zero attached hydrogens (tertiary/aromatic N) is 3. The Bertz CT molecular complexity index is 639. The number of carbonyl (C=O) groups is 1. The first kappa shape index (κ1) is 23.5. The predicted octanol–water partition coefficient (Wildman–Crippen LogP) is 2.53. The molecule has 0 atom stereocenters. The maximum atomic E-state index is 11.7. The highest BCUT2D eigenvalue weighted by Gasteiger charge is 2.21. The maximum absolute atomic E-state index is 11.7. The van der Waals surface area contributed by atoms with Crippen molar-refractivity contribution < 1.29 is 4.79 Å². The van der Waals surface area contributed by atoms with Gasteiger partial charge in [0.15, 0.2) is 5.96 Å². The summed E-state index contributed by atoms with van der Waals surface area (Å²) in [4.78, 5) is 20.8. The molecule has 1 aliphatic heterocycles. The molecular weight excluding hydrogens is 453 g/mol. The van der Waals surface area contributed by atoms with Gasteiger partial charge in [-0.05, 0) is 44.9 Å². The molecule has 1 saturated heterocycles. The summed E-state index contributed by atoms with van der Waals surface area (Å²) in [6.45, 7) is 12.7. The van der Waals surface area contributed by atoms with Crippen LogP contribution in [0.3, 0.4) is 0 Å². The molecule has 1 aromatic rings. The number of hydrogen-bond acceptors (Lipinski definition) is 3. The summed E-state index contributed by atoms with van der Waals surface area (Å²) < 4.78 is 0. The molecule has 0 spiro atoms. The molecule has 1 heterocycles. The Morgan fingerprint density at radius 1 is 1.19 bits per heavy atom. The van der Waals surface area contributed by atoms with Gasteiger partial charge in [0.05, 0.1) is 0 Å². The number of guanidine groups is 1. The van der Waals surface area contributed by atoms with Crippen LogP contribution >= 0.6 is 24.0 Å². The van der Waals surface area contributed by atoms with E-state index in [1.807, 2.05) is 13.8 Å². The van der Waals surface area contributed by atoms with Crippen LogP contribution in [-0.4, -0.2) is 62.6 Å². The molecule has 2 rings (SSSR count). The molecule has 6 nitrogen and oxygen atoms in total. The molecule has 0 aliphatic carbocycles. The quantitative estimate of drug-likeness (QED) is 0.381. The fraction of sp³-hybridized carbons (Fsp3) is 0.600. The van der Waals surface area contributed by atoms with E-state index in [0.717, 1.165) is 32.1 Å². The molecule has 0 unspecified atom stereocenters. The van der Waals surface area contributed by atoms with E-state index in [9.17, 15) is 4.79 Å². The summed E-state index contributed by atoms with van der Waals surface area (Å²) in [6.07, 6.45) is 0.458. The van der Waals surface area contributed by atoms with Gasteiger partial charge in [-0.15, -0.1) is 24.0 Å². The summed E-state index contributed by atoms with van der Waals surface area (Å²) in [5.74, 6) is 0.950. The first-order valence-corrected chi connectivity index (χ1v) is 9.48. The second-order valence-electron chi connectivity index (χ2n) is 7.14.